The normalized spacial score (nSPS) is 10.2. The highest BCUT2D eigenvalue weighted by Crippen LogP contribution is 2.02. The van der Waals surface area contributed by atoms with Gasteiger partial charge in [-0.2, -0.15) is 0 Å². The first-order valence-corrected chi connectivity index (χ1v) is 3.83. The molecule has 0 atom stereocenters. The monoisotopic (exact) mass is 182 g/mol. The SMILES string of the molecule is CN(C)NC(=O)c1ccc(F)cc1. The van der Waals surface area contributed by atoms with Gasteiger partial charge in [0.2, 0.25) is 0 Å². The minimum Gasteiger partial charge on any atom is -0.285 e. The van der Waals surface area contributed by atoms with Crippen molar-refractivity contribution >= 4 is 5.91 Å². The number of hydrogen-bond donors (Lipinski definition) is 1. The van der Waals surface area contributed by atoms with Crippen molar-refractivity contribution in [3.63, 3.8) is 0 Å². The molecule has 1 amide bonds. The van der Waals surface area contributed by atoms with E-state index in [2.05, 4.69) is 5.43 Å². The lowest BCUT2D eigenvalue weighted by atomic mass is 10.2. The molecule has 0 aliphatic rings. The second-order valence-corrected chi connectivity index (χ2v) is 2.84. The maximum atomic E-state index is 12.5. The van der Waals surface area contributed by atoms with E-state index in [9.17, 15) is 9.18 Å². The molecule has 0 radical (unpaired) electrons. The molecule has 0 saturated heterocycles. The molecule has 0 spiro atoms. The topological polar surface area (TPSA) is 32.3 Å². The van der Waals surface area contributed by atoms with Gasteiger partial charge in [-0.25, -0.2) is 9.40 Å². The molecule has 0 unspecified atom stereocenters. The van der Waals surface area contributed by atoms with Crippen molar-refractivity contribution in [3.8, 4) is 0 Å². The van der Waals surface area contributed by atoms with Crippen molar-refractivity contribution in [1.29, 1.82) is 0 Å². The Hall–Kier alpha value is -1.42. The quantitative estimate of drug-likeness (QED) is 0.693. The predicted octanol–water partition coefficient (Wildman–Crippen LogP) is 1.03. The molecule has 70 valence electrons. The number of carbonyl (C=O) groups excluding carboxylic acids is 1. The number of halogens is 1. The summed E-state index contributed by atoms with van der Waals surface area (Å²) in [4.78, 5) is 11.3. The molecule has 13 heavy (non-hydrogen) atoms. The minimum absolute atomic E-state index is 0.245. The molecule has 1 N–H and O–H groups in total. The van der Waals surface area contributed by atoms with Gasteiger partial charge in [-0.05, 0) is 24.3 Å². The second-order valence-electron chi connectivity index (χ2n) is 2.84. The number of carbonyl (C=O) groups is 1. The molecule has 0 fully saturated rings. The smallest absolute Gasteiger partial charge is 0.265 e. The Morgan fingerprint density at radius 3 is 2.31 bits per heavy atom. The highest BCUT2D eigenvalue weighted by molar-refractivity contribution is 5.93. The van der Waals surface area contributed by atoms with Crippen LogP contribution in [-0.4, -0.2) is 25.0 Å². The summed E-state index contributed by atoms with van der Waals surface area (Å²) in [5, 5.41) is 1.53. The third kappa shape index (κ3) is 2.83. The van der Waals surface area contributed by atoms with Crippen LogP contribution in [0.4, 0.5) is 4.39 Å². The summed E-state index contributed by atoms with van der Waals surface area (Å²) in [6, 6.07) is 5.39. The second kappa shape index (κ2) is 4.00. The Labute approximate surface area is 76.1 Å². The Balaban J connectivity index is 2.72. The third-order valence-corrected chi connectivity index (χ3v) is 1.43. The van der Waals surface area contributed by atoms with Crippen LogP contribution in [0.2, 0.25) is 0 Å². The van der Waals surface area contributed by atoms with E-state index in [-0.39, 0.29) is 11.7 Å². The van der Waals surface area contributed by atoms with Crippen LogP contribution in [0.3, 0.4) is 0 Å². The zero-order valence-corrected chi connectivity index (χ0v) is 7.54. The third-order valence-electron chi connectivity index (χ3n) is 1.43. The van der Waals surface area contributed by atoms with Gasteiger partial charge in [0, 0.05) is 19.7 Å². The van der Waals surface area contributed by atoms with E-state index in [0.717, 1.165) is 0 Å². The maximum Gasteiger partial charge on any atom is 0.265 e. The summed E-state index contributed by atoms with van der Waals surface area (Å²) in [7, 11) is 3.42. The Kier molecular flexibility index (Phi) is 2.97. The van der Waals surface area contributed by atoms with E-state index in [0.29, 0.717) is 5.56 Å². The summed E-state index contributed by atoms with van der Waals surface area (Å²) in [5.41, 5.74) is 2.99. The summed E-state index contributed by atoms with van der Waals surface area (Å²) in [5.74, 6) is -0.591. The number of hydrogen-bond acceptors (Lipinski definition) is 2. The molecule has 0 bridgehead atoms. The van der Waals surface area contributed by atoms with E-state index in [1.807, 2.05) is 0 Å². The van der Waals surface area contributed by atoms with Crippen LogP contribution in [0, 0.1) is 5.82 Å². The number of nitrogens with zero attached hydrogens (tertiary/aromatic N) is 1. The molecule has 0 saturated carbocycles. The highest BCUT2D eigenvalue weighted by Gasteiger charge is 2.04. The molecule has 0 aliphatic carbocycles. The minimum atomic E-state index is -0.346. The number of amides is 1. The number of benzene rings is 1. The van der Waals surface area contributed by atoms with E-state index >= 15 is 0 Å². The van der Waals surface area contributed by atoms with Gasteiger partial charge in [0.25, 0.3) is 5.91 Å². The Morgan fingerprint density at radius 1 is 1.31 bits per heavy atom. The van der Waals surface area contributed by atoms with Crippen molar-refractivity contribution < 1.29 is 9.18 Å². The average Bonchev–Trinajstić information content (AvgIpc) is 2.04. The zero-order chi connectivity index (χ0) is 9.84. The van der Waals surface area contributed by atoms with Crippen LogP contribution in [0.5, 0.6) is 0 Å². The molecule has 1 aromatic carbocycles. The fourth-order valence-corrected chi connectivity index (χ4v) is 0.869. The maximum absolute atomic E-state index is 12.5. The Bertz CT molecular complexity index is 295. The van der Waals surface area contributed by atoms with Gasteiger partial charge in [-0.15, -0.1) is 0 Å². The van der Waals surface area contributed by atoms with E-state index in [1.54, 1.807) is 14.1 Å². The van der Waals surface area contributed by atoms with Crippen LogP contribution >= 0.6 is 0 Å². The van der Waals surface area contributed by atoms with Gasteiger partial charge in [0.1, 0.15) is 5.82 Å². The number of hydrazine groups is 1. The predicted molar refractivity (Wildman–Crippen MR) is 47.6 cm³/mol. The van der Waals surface area contributed by atoms with Crippen LogP contribution < -0.4 is 5.43 Å². The molecule has 0 heterocycles. The number of nitrogens with one attached hydrogen (secondary N) is 1. The van der Waals surface area contributed by atoms with Gasteiger partial charge in [-0.1, -0.05) is 0 Å². The summed E-state index contributed by atoms with van der Waals surface area (Å²) >= 11 is 0. The lowest BCUT2D eigenvalue weighted by molar-refractivity contribution is 0.0857. The van der Waals surface area contributed by atoms with E-state index < -0.39 is 0 Å². The standard InChI is InChI=1S/C9H11FN2O/c1-12(2)11-9(13)7-3-5-8(10)6-4-7/h3-6H,1-2H3,(H,11,13). The van der Waals surface area contributed by atoms with Crippen molar-refractivity contribution in [2.24, 2.45) is 0 Å². The molecular weight excluding hydrogens is 171 g/mol. The molecule has 1 rings (SSSR count). The first kappa shape index (κ1) is 9.67. The molecular formula is C9H11FN2O. The first-order valence-electron chi connectivity index (χ1n) is 3.83. The van der Waals surface area contributed by atoms with Gasteiger partial charge >= 0.3 is 0 Å². The fraction of sp³-hybridized carbons (Fsp3) is 0.222. The lowest BCUT2D eigenvalue weighted by Gasteiger charge is -2.11. The van der Waals surface area contributed by atoms with Crippen LogP contribution in [0.1, 0.15) is 10.4 Å². The Morgan fingerprint density at radius 2 is 1.85 bits per heavy atom. The van der Waals surface area contributed by atoms with Crippen molar-refractivity contribution in [2.45, 2.75) is 0 Å². The summed E-state index contributed by atoms with van der Waals surface area (Å²) < 4.78 is 12.5. The van der Waals surface area contributed by atoms with Gasteiger partial charge in [-0.3, -0.25) is 10.2 Å². The highest BCUT2D eigenvalue weighted by atomic mass is 19.1. The lowest BCUT2D eigenvalue weighted by Crippen LogP contribution is -2.36. The van der Waals surface area contributed by atoms with Gasteiger partial charge in [0.15, 0.2) is 0 Å². The number of rotatable bonds is 2. The largest absolute Gasteiger partial charge is 0.285 e. The molecule has 4 heteroatoms. The summed E-state index contributed by atoms with van der Waals surface area (Å²) in [6.07, 6.45) is 0. The van der Waals surface area contributed by atoms with Crippen LogP contribution in [0.15, 0.2) is 24.3 Å². The summed E-state index contributed by atoms with van der Waals surface area (Å²) in [6.45, 7) is 0. The van der Waals surface area contributed by atoms with Crippen molar-refractivity contribution in [1.82, 2.24) is 10.4 Å². The van der Waals surface area contributed by atoms with Gasteiger partial charge in [0.05, 0.1) is 0 Å². The van der Waals surface area contributed by atoms with E-state index in [4.69, 9.17) is 0 Å². The first-order chi connectivity index (χ1) is 6.09. The molecule has 1 aromatic rings. The fourth-order valence-electron chi connectivity index (χ4n) is 0.869. The van der Waals surface area contributed by atoms with E-state index in [1.165, 1.54) is 29.3 Å². The zero-order valence-electron chi connectivity index (χ0n) is 7.54. The average molecular weight is 182 g/mol. The van der Waals surface area contributed by atoms with Crippen LogP contribution in [-0.2, 0) is 0 Å². The molecule has 0 aliphatic heterocycles. The van der Waals surface area contributed by atoms with Crippen LogP contribution in [0.25, 0.3) is 0 Å². The van der Waals surface area contributed by atoms with Crippen molar-refractivity contribution in [3.05, 3.63) is 35.6 Å². The van der Waals surface area contributed by atoms with Crippen molar-refractivity contribution in [2.75, 3.05) is 14.1 Å². The van der Waals surface area contributed by atoms with Gasteiger partial charge < -0.3 is 0 Å². The molecule has 3 nitrogen and oxygen atoms in total. The molecule has 0 aromatic heterocycles.